The fourth-order valence-corrected chi connectivity index (χ4v) is 2.48. The standard InChI is InChI=1S/C12H10N2OS/c1-2-7-14-12(15)11-10(13)8-5-3-4-6-9(8)16-11/h1,3-6H,7,13H2,(H,14,15). The number of rotatable bonds is 2. The second-order valence-electron chi connectivity index (χ2n) is 3.23. The molecule has 2 aromatic rings. The van der Waals surface area contributed by atoms with Crippen molar-refractivity contribution in [3.05, 3.63) is 29.1 Å². The van der Waals surface area contributed by atoms with E-state index in [2.05, 4.69) is 11.2 Å². The van der Waals surface area contributed by atoms with E-state index in [0.29, 0.717) is 10.6 Å². The Kier molecular flexibility index (Phi) is 2.80. The Morgan fingerprint density at radius 2 is 2.25 bits per heavy atom. The average molecular weight is 230 g/mol. The predicted octanol–water partition coefficient (Wildman–Crippen LogP) is 1.85. The fraction of sp³-hybridized carbons (Fsp3) is 0.0833. The molecule has 0 aliphatic heterocycles. The number of benzene rings is 1. The number of anilines is 1. The Balaban J connectivity index is 2.42. The molecule has 1 amide bonds. The fourth-order valence-electron chi connectivity index (χ4n) is 1.45. The average Bonchev–Trinajstić information content (AvgIpc) is 2.64. The molecule has 3 nitrogen and oxygen atoms in total. The van der Waals surface area contributed by atoms with E-state index in [4.69, 9.17) is 12.2 Å². The van der Waals surface area contributed by atoms with E-state index < -0.39 is 0 Å². The third-order valence-corrected chi connectivity index (χ3v) is 3.38. The van der Waals surface area contributed by atoms with E-state index in [0.717, 1.165) is 10.1 Å². The van der Waals surface area contributed by atoms with Gasteiger partial charge in [-0.05, 0) is 6.07 Å². The monoisotopic (exact) mass is 230 g/mol. The minimum absolute atomic E-state index is 0.211. The third-order valence-electron chi connectivity index (χ3n) is 2.19. The molecule has 3 N–H and O–H groups in total. The van der Waals surface area contributed by atoms with Crippen LogP contribution in [0.4, 0.5) is 5.69 Å². The molecule has 1 aromatic heterocycles. The van der Waals surface area contributed by atoms with Crippen molar-refractivity contribution in [3.63, 3.8) is 0 Å². The lowest BCUT2D eigenvalue weighted by molar-refractivity contribution is 0.0963. The van der Waals surface area contributed by atoms with E-state index in [1.165, 1.54) is 11.3 Å². The highest BCUT2D eigenvalue weighted by atomic mass is 32.1. The van der Waals surface area contributed by atoms with Crippen molar-refractivity contribution in [1.82, 2.24) is 5.32 Å². The molecule has 0 spiro atoms. The van der Waals surface area contributed by atoms with Crippen LogP contribution in [0.1, 0.15) is 9.67 Å². The van der Waals surface area contributed by atoms with E-state index in [-0.39, 0.29) is 12.5 Å². The van der Waals surface area contributed by atoms with Crippen molar-refractivity contribution in [2.24, 2.45) is 0 Å². The summed E-state index contributed by atoms with van der Waals surface area (Å²) in [7, 11) is 0. The van der Waals surface area contributed by atoms with Crippen molar-refractivity contribution in [2.75, 3.05) is 12.3 Å². The zero-order valence-corrected chi connectivity index (χ0v) is 9.30. The lowest BCUT2D eigenvalue weighted by atomic mass is 10.2. The van der Waals surface area contributed by atoms with Gasteiger partial charge in [-0.3, -0.25) is 4.79 Å². The molecule has 0 unspecified atom stereocenters. The van der Waals surface area contributed by atoms with Crippen LogP contribution in [0.3, 0.4) is 0 Å². The van der Waals surface area contributed by atoms with Crippen molar-refractivity contribution >= 4 is 33.0 Å². The summed E-state index contributed by atoms with van der Waals surface area (Å²) < 4.78 is 1.01. The highest BCUT2D eigenvalue weighted by Gasteiger charge is 2.14. The SMILES string of the molecule is C#CCNC(=O)c1sc2ccccc2c1N. The molecule has 0 saturated carbocycles. The molecule has 1 aromatic carbocycles. The number of nitrogens with two attached hydrogens (primary N) is 1. The number of nitrogen functional groups attached to an aromatic ring is 1. The second-order valence-corrected chi connectivity index (χ2v) is 4.28. The Bertz CT molecular complexity index is 580. The van der Waals surface area contributed by atoms with Crippen LogP contribution in [0, 0.1) is 12.3 Å². The van der Waals surface area contributed by atoms with Gasteiger partial charge in [0.1, 0.15) is 4.88 Å². The van der Waals surface area contributed by atoms with Gasteiger partial charge >= 0.3 is 0 Å². The van der Waals surface area contributed by atoms with Crippen LogP contribution in [0.15, 0.2) is 24.3 Å². The summed E-state index contributed by atoms with van der Waals surface area (Å²) in [5.74, 6) is 2.14. The Morgan fingerprint density at radius 1 is 1.50 bits per heavy atom. The van der Waals surface area contributed by atoms with Crippen molar-refractivity contribution < 1.29 is 4.79 Å². The van der Waals surface area contributed by atoms with Crippen LogP contribution in [0.2, 0.25) is 0 Å². The normalized spacial score (nSPS) is 9.94. The largest absolute Gasteiger partial charge is 0.397 e. The summed E-state index contributed by atoms with van der Waals surface area (Å²) in [6, 6.07) is 7.66. The molecule has 0 aliphatic rings. The number of amides is 1. The first kappa shape index (κ1) is 10.5. The number of hydrogen-bond donors (Lipinski definition) is 2. The van der Waals surface area contributed by atoms with Gasteiger partial charge in [-0.15, -0.1) is 17.8 Å². The van der Waals surface area contributed by atoms with Gasteiger partial charge in [-0.25, -0.2) is 0 Å². The quantitative estimate of drug-likeness (QED) is 0.773. The summed E-state index contributed by atoms with van der Waals surface area (Å²) in [6.07, 6.45) is 5.08. The molecule has 0 atom stereocenters. The van der Waals surface area contributed by atoms with Crippen LogP contribution < -0.4 is 11.1 Å². The molecule has 0 aliphatic carbocycles. The van der Waals surface area contributed by atoms with Crippen molar-refractivity contribution in [3.8, 4) is 12.3 Å². The first-order valence-electron chi connectivity index (χ1n) is 4.72. The van der Waals surface area contributed by atoms with Gasteiger partial charge in [0, 0.05) is 10.1 Å². The summed E-state index contributed by atoms with van der Waals surface area (Å²) in [5.41, 5.74) is 6.43. The van der Waals surface area contributed by atoms with Gasteiger partial charge < -0.3 is 11.1 Å². The zero-order chi connectivity index (χ0) is 11.5. The van der Waals surface area contributed by atoms with Crippen LogP contribution in [-0.4, -0.2) is 12.5 Å². The molecule has 2 rings (SSSR count). The smallest absolute Gasteiger partial charge is 0.264 e. The lowest BCUT2D eigenvalue weighted by Gasteiger charge is -1.99. The topological polar surface area (TPSA) is 55.1 Å². The number of carbonyl (C=O) groups is 1. The third kappa shape index (κ3) is 1.73. The van der Waals surface area contributed by atoms with E-state index in [1.807, 2.05) is 24.3 Å². The summed E-state index contributed by atoms with van der Waals surface area (Å²) in [5, 5.41) is 3.52. The van der Waals surface area contributed by atoms with Crippen LogP contribution >= 0.6 is 11.3 Å². The number of nitrogens with one attached hydrogen (secondary N) is 1. The van der Waals surface area contributed by atoms with E-state index in [9.17, 15) is 4.79 Å². The predicted molar refractivity (Wildman–Crippen MR) is 67.4 cm³/mol. The molecular weight excluding hydrogens is 220 g/mol. The molecule has 16 heavy (non-hydrogen) atoms. The van der Waals surface area contributed by atoms with Gasteiger partial charge in [0.05, 0.1) is 12.2 Å². The maximum absolute atomic E-state index is 11.7. The second kappa shape index (κ2) is 4.25. The minimum Gasteiger partial charge on any atom is -0.397 e. The summed E-state index contributed by atoms with van der Waals surface area (Å²) in [4.78, 5) is 12.2. The van der Waals surface area contributed by atoms with Gasteiger partial charge in [0.15, 0.2) is 0 Å². The van der Waals surface area contributed by atoms with E-state index in [1.54, 1.807) is 0 Å². The number of hydrogen-bond acceptors (Lipinski definition) is 3. The summed E-state index contributed by atoms with van der Waals surface area (Å²) >= 11 is 1.38. The maximum atomic E-state index is 11.7. The van der Waals surface area contributed by atoms with Gasteiger partial charge in [-0.1, -0.05) is 24.1 Å². The molecule has 0 radical (unpaired) electrons. The number of terminal acetylenes is 1. The van der Waals surface area contributed by atoms with Gasteiger partial charge in [0.25, 0.3) is 5.91 Å². The first-order valence-corrected chi connectivity index (χ1v) is 5.54. The Labute approximate surface area is 97.3 Å². The molecule has 0 saturated heterocycles. The van der Waals surface area contributed by atoms with Crippen molar-refractivity contribution in [1.29, 1.82) is 0 Å². The summed E-state index contributed by atoms with van der Waals surface area (Å²) in [6.45, 7) is 0.215. The number of fused-ring (bicyclic) bond motifs is 1. The lowest BCUT2D eigenvalue weighted by Crippen LogP contribution is -2.23. The molecule has 1 heterocycles. The molecule has 0 fully saturated rings. The van der Waals surface area contributed by atoms with Crippen LogP contribution in [0.5, 0.6) is 0 Å². The van der Waals surface area contributed by atoms with Gasteiger partial charge in [0.2, 0.25) is 0 Å². The van der Waals surface area contributed by atoms with Gasteiger partial charge in [-0.2, -0.15) is 0 Å². The highest BCUT2D eigenvalue weighted by Crippen LogP contribution is 2.33. The van der Waals surface area contributed by atoms with E-state index >= 15 is 0 Å². The highest BCUT2D eigenvalue weighted by molar-refractivity contribution is 7.21. The first-order chi connectivity index (χ1) is 7.74. The van der Waals surface area contributed by atoms with Crippen molar-refractivity contribution in [2.45, 2.75) is 0 Å². The Hall–Kier alpha value is -1.99. The maximum Gasteiger partial charge on any atom is 0.264 e. The zero-order valence-electron chi connectivity index (χ0n) is 8.49. The molecule has 0 bridgehead atoms. The molecule has 80 valence electrons. The number of thiophene rings is 1. The van der Waals surface area contributed by atoms with Crippen LogP contribution in [-0.2, 0) is 0 Å². The minimum atomic E-state index is -0.211. The molecule has 4 heteroatoms. The Morgan fingerprint density at radius 3 is 2.94 bits per heavy atom. The number of carbonyl (C=O) groups excluding carboxylic acids is 1. The molecular formula is C12H10N2OS. The van der Waals surface area contributed by atoms with Crippen LogP contribution in [0.25, 0.3) is 10.1 Å².